The molecular formula is C11H15BrClNS. The van der Waals surface area contributed by atoms with Crippen molar-refractivity contribution in [2.45, 2.75) is 19.4 Å². The summed E-state index contributed by atoms with van der Waals surface area (Å²) in [6.07, 6.45) is 2.49. The molecular weight excluding hydrogens is 294 g/mol. The molecule has 0 radical (unpaired) electrons. The summed E-state index contributed by atoms with van der Waals surface area (Å²) < 4.78 is 1.23. The predicted octanol–water partition coefficient (Wildman–Crippen LogP) is 3.96. The summed E-state index contributed by atoms with van der Waals surface area (Å²) in [5.74, 6) is 1.63. The zero-order valence-corrected chi connectivity index (χ0v) is 11.7. The Bertz CT molecular complexity index is 315. The average Bonchev–Trinajstić information content (AvgIpc) is 2.78. The minimum absolute atomic E-state index is 0.809. The number of halogens is 2. The Morgan fingerprint density at radius 1 is 1.53 bits per heavy atom. The highest BCUT2D eigenvalue weighted by Crippen LogP contribution is 2.26. The van der Waals surface area contributed by atoms with Gasteiger partial charge in [-0.1, -0.05) is 0 Å². The minimum atomic E-state index is 0.809. The van der Waals surface area contributed by atoms with E-state index in [0.717, 1.165) is 18.3 Å². The van der Waals surface area contributed by atoms with Crippen molar-refractivity contribution in [1.82, 2.24) is 4.90 Å². The summed E-state index contributed by atoms with van der Waals surface area (Å²) in [5, 5.41) is 0. The molecule has 0 aliphatic carbocycles. The second kappa shape index (κ2) is 5.67. The molecule has 1 aromatic heterocycles. The SMILES string of the molecule is ClCCC1CCN(Cc2ccc(Br)s2)C1. The molecule has 1 aliphatic heterocycles. The number of hydrogen-bond donors (Lipinski definition) is 0. The normalized spacial score (nSPS) is 22.4. The Kier molecular flexibility index (Phi) is 4.50. The number of nitrogens with zero attached hydrogens (tertiary/aromatic N) is 1. The number of alkyl halides is 1. The van der Waals surface area contributed by atoms with Crippen molar-refractivity contribution in [2.24, 2.45) is 5.92 Å². The summed E-state index contributed by atoms with van der Waals surface area (Å²) in [5.41, 5.74) is 0. The van der Waals surface area contributed by atoms with Gasteiger partial charge in [-0.05, 0) is 53.4 Å². The first kappa shape index (κ1) is 11.9. The van der Waals surface area contributed by atoms with Gasteiger partial charge in [-0.2, -0.15) is 0 Å². The van der Waals surface area contributed by atoms with E-state index in [-0.39, 0.29) is 0 Å². The van der Waals surface area contributed by atoms with E-state index in [1.54, 1.807) is 0 Å². The van der Waals surface area contributed by atoms with Crippen LogP contribution in [0.5, 0.6) is 0 Å². The van der Waals surface area contributed by atoms with E-state index in [1.165, 1.54) is 34.6 Å². The Balaban J connectivity index is 1.82. The van der Waals surface area contributed by atoms with Crippen LogP contribution in [0.3, 0.4) is 0 Å². The molecule has 2 rings (SSSR count). The van der Waals surface area contributed by atoms with Gasteiger partial charge >= 0.3 is 0 Å². The fraction of sp³-hybridized carbons (Fsp3) is 0.636. The zero-order valence-electron chi connectivity index (χ0n) is 8.59. The second-order valence-electron chi connectivity index (χ2n) is 4.07. The molecule has 15 heavy (non-hydrogen) atoms. The molecule has 0 amide bonds. The Hall–Kier alpha value is 0.430. The number of thiophene rings is 1. The molecule has 2 heterocycles. The van der Waals surface area contributed by atoms with Gasteiger partial charge in [0.05, 0.1) is 3.79 Å². The maximum absolute atomic E-state index is 5.77. The van der Waals surface area contributed by atoms with E-state index in [2.05, 4.69) is 33.0 Å². The summed E-state index contributed by atoms with van der Waals surface area (Å²) >= 11 is 11.1. The van der Waals surface area contributed by atoms with Crippen molar-refractivity contribution < 1.29 is 0 Å². The van der Waals surface area contributed by atoms with E-state index in [0.29, 0.717) is 0 Å². The van der Waals surface area contributed by atoms with E-state index in [4.69, 9.17) is 11.6 Å². The van der Waals surface area contributed by atoms with Crippen molar-refractivity contribution in [1.29, 1.82) is 0 Å². The van der Waals surface area contributed by atoms with Crippen molar-refractivity contribution in [2.75, 3.05) is 19.0 Å². The van der Waals surface area contributed by atoms with E-state index >= 15 is 0 Å². The fourth-order valence-corrected chi connectivity index (χ4v) is 3.94. The van der Waals surface area contributed by atoms with Gasteiger partial charge in [0.15, 0.2) is 0 Å². The van der Waals surface area contributed by atoms with Crippen LogP contribution in [0.25, 0.3) is 0 Å². The van der Waals surface area contributed by atoms with Crippen LogP contribution in [0.4, 0.5) is 0 Å². The van der Waals surface area contributed by atoms with Crippen LogP contribution in [0.2, 0.25) is 0 Å². The summed E-state index contributed by atoms with van der Waals surface area (Å²) in [4.78, 5) is 3.99. The number of likely N-dealkylation sites (tertiary alicyclic amines) is 1. The van der Waals surface area contributed by atoms with Gasteiger partial charge in [-0.15, -0.1) is 22.9 Å². The van der Waals surface area contributed by atoms with Crippen LogP contribution in [0.15, 0.2) is 15.9 Å². The lowest BCUT2D eigenvalue weighted by molar-refractivity contribution is 0.318. The zero-order chi connectivity index (χ0) is 10.7. The lowest BCUT2D eigenvalue weighted by Gasteiger charge is -2.14. The minimum Gasteiger partial charge on any atom is -0.298 e. The van der Waals surface area contributed by atoms with Crippen molar-refractivity contribution in [3.05, 3.63) is 20.8 Å². The van der Waals surface area contributed by atoms with Gasteiger partial charge in [0.2, 0.25) is 0 Å². The first-order chi connectivity index (χ1) is 7.28. The molecule has 1 aromatic rings. The van der Waals surface area contributed by atoms with E-state index in [1.807, 2.05) is 11.3 Å². The molecule has 0 spiro atoms. The molecule has 0 aromatic carbocycles. The molecule has 1 aliphatic rings. The third kappa shape index (κ3) is 3.45. The highest BCUT2D eigenvalue weighted by molar-refractivity contribution is 9.11. The molecule has 1 unspecified atom stereocenters. The molecule has 4 heteroatoms. The van der Waals surface area contributed by atoms with E-state index < -0.39 is 0 Å². The molecule has 1 atom stereocenters. The summed E-state index contributed by atoms with van der Waals surface area (Å²) in [7, 11) is 0. The first-order valence-electron chi connectivity index (χ1n) is 5.30. The Morgan fingerprint density at radius 2 is 2.40 bits per heavy atom. The average molecular weight is 309 g/mol. The third-order valence-corrected chi connectivity index (χ3v) is 4.72. The molecule has 1 fully saturated rings. The monoisotopic (exact) mass is 307 g/mol. The molecule has 0 N–H and O–H groups in total. The largest absolute Gasteiger partial charge is 0.298 e. The van der Waals surface area contributed by atoms with Crippen LogP contribution in [0.1, 0.15) is 17.7 Å². The van der Waals surface area contributed by atoms with Crippen LogP contribution >= 0.6 is 38.9 Å². The second-order valence-corrected chi connectivity index (χ2v) is 7.00. The van der Waals surface area contributed by atoms with Crippen LogP contribution in [-0.2, 0) is 6.54 Å². The first-order valence-corrected chi connectivity index (χ1v) is 7.45. The highest BCUT2D eigenvalue weighted by atomic mass is 79.9. The van der Waals surface area contributed by atoms with Crippen LogP contribution < -0.4 is 0 Å². The standard InChI is InChI=1S/C11H15BrClNS/c12-11-2-1-10(15-11)8-14-6-4-9(7-14)3-5-13/h1-2,9H,3-8H2. The van der Waals surface area contributed by atoms with Gasteiger partial charge in [-0.25, -0.2) is 0 Å². The molecule has 0 bridgehead atoms. The number of hydrogen-bond acceptors (Lipinski definition) is 2. The quantitative estimate of drug-likeness (QED) is 0.761. The van der Waals surface area contributed by atoms with Crippen LogP contribution in [0, 0.1) is 5.92 Å². The maximum Gasteiger partial charge on any atom is 0.0701 e. The van der Waals surface area contributed by atoms with Gasteiger partial charge < -0.3 is 0 Å². The third-order valence-electron chi connectivity index (χ3n) is 2.90. The Morgan fingerprint density at radius 3 is 3.07 bits per heavy atom. The molecule has 0 saturated carbocycles. The van der Waals surface area contributed by atoms with Gasteiger partial charge in [0, 0.05) is 23.8 Å². The van der Waals surface area contributed by atoms with Gasteiger partial charge in [0.25, 0.3) is 0 Å². The smallest absolute Gasteiger partial charge is 0.0701 e. The Labute approximate surface area is 109 Å². The lowest BCUT2D eigenvalue weighted by Crippen LogP contribution is -2.19. The van der Waals surface area contributed by atoms with Crippen molar-refractivity contribution in [3.63, 3.8) is 0 Å². The van der Waals surface area contributed by atoms with Gasteiger partial charge in [0.1, 0.15) is 0 Å². The fourth-order valence-electron chi connectivity index (χ4n) is 2.10. The lowest BCUT2D eigenvalue weighted by atomic mass is 10.1. The highest BCUT2D eigenvalue weighted by Gasteiger charge is 2.21. The van der Waals surface area contributed by atoms with Crippen LogP contribution in [-0.4, -0.2) is 23.9 Å². The van der Waals surface area contributed by atoms with Crippen molar-refractivity contribution >= 4 is 38.9 Å². The summed E-state index contributed by atoms with van der Waals surface area (Å²) in [6, 6.07) is 4.34. The predicted molar refractivity (Wildman–Crippen MR) is 70.7 cm³/mol. The van der Waals surface area contributed by atoms with Crippen molar-refractivity contribution in [3.8, 4) is 0 Å². The molecule has 1 nitrogen and oxygen atoms in total. The molecule has 84 valence electrons. The van der Waals surface area contributed by atoms with Gasteiger partial charge in [-0.3, -0.25) is 4.90 Å². The number of rotatable bonds is 4. The maximum atomic E-state index is 5.77. The molecule has 1 saturated heterocycles. The van der Waals surface area contributed by atoms with E-state index in [9.17, 15) is 0 Å². The summed E-state index contributed by atoms with van der Waals surface area (Å²) in [6.45, 7) is 3.56. The topological polar surface area (TPSA) is 3.24 Å².